The van der Waals surface area contributed by atoms with Crippen LogP contribution in [0.3, 0.4) is 0 Å². The number of rotatable bonds is 3. The van der Waals surface area contributed by atoms with Crippen molar-refractivity contribution < 1.29 is 15.0 Å². The maximum atomic E-state index is 12.2. The molecule has 4 heteroatoms. The molecule has 19 heavy (non-hydrogen) atoms. The van der Waals surface area contributed by atoms with Gasteiger partial charge in [-0.15, -0.1) is 0 Å². The van der Waals surface area contributed by atoms with Gasteiger partial charge in [0.15, 0.2) is 11.5 Å². The molecule has 1 amide bonds. The second-order valence-corrected chi connectivity index (χ2v) is 5.21. The standard InChI is InChI=1S/C15H21NO3/c1-2-10-6-3-4-8-12(10)16-15(19)11-7-5-9-13(17)14(11)18/h5,7,9-10,12,17-18H,2-4,6,8H2,1H3,(H,16,19). The van der Waals surface area contributed by atoms with Crippen LogP contribution in [-0.4, -0.2) is 22.2 Å². The van der Waals surface area contributed by atoms with Gasteiger partial charge in [0, 0.05) is 6.04 Å². The van der Waals surface area contributed by atoms with Crippen LogP contribution in [-0.2, 0) is 0 Å². The van der Waals surface area contributed by atoms with Crippen LogP contribution in [0.2, 0.25) is 0 Å². The maximum Gasteiger partial charge on any atom is 0.255 e. The topological polar surface area (TPSA) is 69.6 Å². The summed E-state index contributed by atoms with van der Waals surface area (Å²) >= 11 is 0. The van der Waals surface area contributed by atoms with E-state index in [1.54, 1.807) is 6.07 Å². The number of nitrogens with one attached hydrogen (secondary N) is 1. The SMILES string of the molecule is CCC1CCCCC1NC(=O)c1cccc(O)c1O. The Kier molecular flexibility index (Phi) is 4.30. The van der Waals surface area contributed by atoms with Crippen molar-refractivity contribution in [1.29, 1.82) is 0 Å². The fraction of sp³-hybridized carbons (Fsp3) is 0.533. The molecule has 2 atom stereocenters. The lowest BCUT2D eigenvalue weighted by Crippen LogP contribution is -2.41. The molecule has 0 aliphatic heterocycles. The Hall–Kier alpha value is -1.71. The van der Waals surface area contributed by atoms with Crippen molar-refractivity contribution in [3.63, 3.8) is 0 Å². The first-order valence-corrected chi connectivity index (χ1v) is 6.95. The Balaban J connectivity index is 2.09. The Morgan fingerprint density at radius 3 is 2.79 bits per heavy atom. The first kappa shape index (κ1) is 13.7. The van der Waals surface area contributed by atoms with E-state index in [1.807, 2.05) is 0 Å². The minimum absolute atomic E-state index is 0.139. The molecule has 0 spiro atoms. The molecule has 3 N–H and O–H groups in total. The quantitative estimate of drug-likeness (QED) is 0.734. The van der Waals surface area contributed by atoms with Crippen LogP contribution < -0.4 is 5.32 Å². The van der Waals surface area contributed by atoms with Crippen LogP contribution in [0.5, 0.6) is 11.5 Å². The smallest absolute Gasteiger partial charge is 0.255 e. The summed E-state index contributed by atoms with van der Waals surface area (Å²) in [7, 11) is 0. The lowest BCUT2D eigenvalue weighted by molar-refractivity contribution is 0.0901. The highest BCUT2D eigenvalue weighted by Gasteiger charge is 2.26. The van der Waals surface area contributed by atoms with Crippen molar-refractivity contribution in [2.75, 3.05) is 0 Å². The van der Waals surface area contributed by atoms with Gasteiger partial charge in [-0.25, -0.2) is 0 Å². The highest BCUT2D eigenvalue weighted by atomic mass is 16.3. The average molecular weight is 263 g/mol. The number of benzene rings is 1. The van der Waals surface area contributed by atoms with Crippen molar-refractivity contribution in [3.05, 3.63) is 23.8 Å². The second-order valence-electron chi connectivity index (χ2n) is 5.21. The number of carbonyl (C=O) groups excluding carboxylic acids is 1. The van der Waals surface area contributed by atoms with Gasteiger partial charge >= 0.3 is 0 Å². The molecule has 0 heterocycles. The molecule has 1 aromatic rings. The molecule has 1 aliphatic rings. The molecule has 0 aromatic heterocycles. The second kappa shape index (κ2) is 5.95. The number of phenols is 2. The molecule has 2 rings (SSSR count). The van der Waals surface area contributed by atoms with E-state index in [0.717, 1.165) is 25.7 Å². The van der Waals surface area contributed by atoms with Gasteiger partial charge in [-0.05, 0) is 30.9 Å². The van der Waals surface area contributed by atoms with E-state index in [-0.39, 0.29) is 29.0 Å². The lowest BCUT2D eigenvalue weighted by atomic mass is 9.83. The molecule has 4 nitrogen and oxygen atoms in total. The van der Waals surface area contributed by atoms with Crippen molar-refractivity contribution in [2.45, 2.75) is 45.1 Å². The minimum atomic E-state index is -0.344. The third kappa shape index (κ3) is 3.00. The van der Waals surface area contributed by atoms with Crippen molar-refractivity contribution in [2.24, 2.45) is 5.92 Å². The zero-order chi connectivity index (χ0) is 13.8. The number of amides is 1. The summed E-state index contributed by atoms with van der Waals surface area (Å²) < 4.78 is 0. The molecular formula is C15H21NO3. The molecule has 1 saturated carbocycles. The van der Waals surface area contributed by atoms with Gasteiger partial charge in [-0.2, -0.15) is 0 Å². The predicted octanol–water partition coefficient (Wildman–Crippen LogP) is 2.80. The molecule has 1 aliphatic carbocycles. The normalized spacial score (nSPS) is 23.0. The van der Waals surface area contributed by atoms with Crippen LogP contribution >= 0.6 is 0 Å². The molecule has 0 bridgehead atoms. The van der Waals surface area contributed by atoms with Crippen molar-refractivity contribution >= 4 is 5.91 Å². The summed E-state index contributed by atoms with van der Waals surface area (Å²) in [6.45, 7) is 2.14. The van der Waals surface area contributed by atoms with Gasteiger partial charge in [-0.1, -0.05) is 32.3 Å². The highest BCUT2D eigenvalue weighted by molar-refractivity contribution is 5.97. The van der Waals surface area contributed by atoms with Crippen LogP contribution in [0.25, 0.3) is 0 Å². The number of aromatic hydroxyl groups is 2. The number of hydrogen-bond donors (Lipinski definition) is 3. The molecule has 0 saturated heterocycles. The predicted molar refractivity (Wildman–Crippen MR) is 73.3 cm³/mol. The Labute approximate surface area is 113 Å². The summed E-state index contributed by atoms with van der Waals surface area (Å²) in [6, 6.07) is 4.62. The van der Waals surface area contributed by atoms with Gasteiger partial charge in [0.25, 0.3) is 5.91 Å². The monoisotopic (exact) mass is 263 g/mol. The Morgan fingerprint density at radius 2 is 2.05 bits per heavy atom. The van der Waals surface area contributed by atoms with Gasteiger partial charge in [0.05, 0.1) is 5.56 Å². The Morgan fingerprint density at radius 1 is 1.32 bits per heavy atom. The average Bonchev–Trinajstić information content (AvgIpc) is 2.42. The van der Waals surface area contributed by atoms with Crippen LogP contribution in [0, 0.1) is 5.92 Å². The number of phenolic OH excluding ortho intramolecular Hbond substituents is 2. The minimum Gasteiger partial charge on any atom is -0.504 e. The first-order valence-electron chi connectivity index (χ1n) is 6.95. The van der Waals surface area contributed by atoms with Crippen molar-refractivity contribution in [3.8, 4) is 11.5 Å². The van der Waals surface area contributed by atoms with Crippen molar-refractivity contribution in [1.82, 2.24) is 5.32 Å². The summed E-state index contributed by atoms with van der Waals surface area (Å²) in [4.78, 5) is 12.2. The van der Waals surface area contributed by atoms with Gasteiger partial charge in [0.1, 0.15) is 0 Å². The zero-order valence-corrected chi connectivity index (χ0v) is 11.2. The van der Waals surface area contributed by atoms with E-state index >= 15 is 0 Å². The summed E-state index contributed by atoms with van der Waals surface area (Å²) in [5, 5.41) is 22.1. The summed E-state index contributed by atoms with van der Waals surface area (Å²) in [5.74, 6) is -0.400. The van der Waals surface area contributed by atoms with E-state index in [0.29, 0.717) is 5.92 Å². The maximum absolute atomic E-state index is 12.2. The van der Waals surface area contributed by atoms with E-state index in [2.05, 4.69) is 12.2 Å². The Bertz CT molecular complexity index is 459. The highest BCUT2D eigenvalue weighted by Crippen LogP contribution is 2.30. The molecule has 1 fully saturated rings. The first-order chi connectivity index (χ1) is 9.13. The van der Waals surface area contributed by atoms with E-state index in [9.17, 15) is 15.0 Å². The van der Waals surface area contributed by atoms with E-state index in [1.165, 1.54) is 18.6 Å². The van der Waals surface area contributed by atoms with Gasteiger partial charge < -0.3 is 15.5 Å². The van der Waals surface area contributed by atoms with E-state index < -0.39 is 0 Å². The fourth-order valence-corrected chi connectivity index (χ4v) is 2.85. The largest absolute Gasteiger partial charge is 0.504 e. The summed E-state index contributed by atoms with van der Waals surface area (Å²) in [5.41, 5.74) is 0.139. The molecule has 1 aromatic carbocycles. The number of para-hydroxylation sites is 1. The molecule has 0 radical (unpaired) electrons. The number of carbonyl (C=O) groups is 1. The van der Waals surface area contributed by atoms with Gasteiger partial charge in [-0.3, -0.25) is 4.79 Å². The molecular weight excluding hydrogens is 242 g/mol. The zero-order valence-electron chi connectivity index (χ0n) is 11.2. The fourth-order valence-electron chi connectivity index (χ4n) is 2.85. The molecule has 104 valence electrons. The summed E-state index contributed by atoms with van der Waals surface area (Å²) in [6.07, 6.45) is 5.55. The van der Waals surface area contributed by atoms with Crippen LogP contribution in [0.1, 0.15) is 49.4 Å². The third-order valence-corrected chi connectivity index (χ3v) is 4.01. The number of hydrogen-bond acceptors (Lipinski definition) is 3. The molecule has 2 unspecified atom stereocenters. The van der Waals surface area contributed by atoms with Crippen LogP contribution in [0.15, 0.2) is 18.2 Å². The van der Waals surface area contributed by atoms with Gasteiger partial charge in [0.2, 0.25) is 0 Å². The third-order valence-electron chi connectivity index (χ3n) is 4.01. The lowest BCUT2D eigenvalue weighted by Gasteiger charge is -2.31. The van der Waals surface area contributed by atoms with Crippen LogP contribution in [0.4, 0.5) is 0 Å². The van der Waals surface area contributed by atoms with E-state index in [4.69, 9.17) is 0 Å².